The summed E-state index contributed by atoms with van der Waals surface area (Å²) in [6, 6.07) is 0. The fourth-order valence-corrected chi connectivity index (χ4v) is 7.29. The van der Waals surface area contributed by atoms with Gasteiger partial charge in [-0.2, -0.15) is 0 Å². The molecule has 0 aromatic carbocycles. The summed E-state index contributed by atoms with van der Waals surface area (Å²) in [5, 5.41) is 0. The number of unbranched alkanes of at least 4 members (excludes halogenated alkanes) is 28. The van der Waals surface area contributed by atoms with Crippen LogP contribution in [0.1, 0.15) is 219 Å². The van der Waals surface area contributed by atoms with E-state index in [1.807, 2.05) is 21.1 Å². The summed E-state index contributed by atoms with van der Waals surface area (Å²) in [5.74, 6) is -0.782. The number of ether oxygens (including phenoxy) is 2. The van der Waals surface area contributed by atoms with Crippen LogP contribution in [0.15, 0.2) is 0 Å². The molecule has 0 aromatic heterocycles. The Morgan fingerprint density at radius 1 is 0.509 bits per heavy atom. The van der Waals surface area contributed by atoms with Gasteiger partial charge in [-0.3, -0.25) is 18.6 Å². The molecule has 0 radical (unpaired) electrons. The van der Waals surface area contributed by atoms with Gasteiger partial charge in [0.1, 0.15) is 19.8 Å². The van der Waals surface area contributed by atoms with Gasteiger partial charge in [-0.25, -0.2) is 4.57 Å². The van der Waals surface area contributed by atoms with Gasteiger partial charge >= 0.3 is 49.3 Å². The fourth-order valence-electron chi connectivity index (χ4n) is 6.54. The van der Waals surface area contributed by atoms with Crippen molar-refractivity contribution in [3.8, 4) is 0 Å². The molecule has 2 unspecified atom stereocenters. The number of rotatable bonds is 42. The van der Waals surface area contributed by atoms with E-state index in [1.165, 1.54) is 154 Å². The number of hydrogen-bond acceptors (Lipinski definition) is 7. The minimum absolute atomic E-state index is 0. The van der Waals surface area contributed by atoms with Gasteiger partial charge in [0.15, 0.2) is 6.10 Å². The summed E-state index contributed by atoms with van der Waals surface area (Å²) in [7, 11) is 1.49. The molecule has 0 aliphatic carbocycles. The topological polar surface area (TPSA) is 108 Å². The number of phosphoric acid groups is 1. The molecule has 2 atom stereocenters. The van der Waals surface area contributed by atoms with E-state index in [9.17, 15) is 19.0 Å². The third kappa shape index (κ3) is 45.0. The third-order valence-corrected chi connectivity index (χ3v) is 11.1. The van der Waals surface area contributed by atoms with Crippen molar-refractivity contribution in [3.05, 3.63) is 0 Å². The Bertz CT molecular complexity index is 904. The Kier molecular flexibility index (Phi) is 42.3. The summed E-state index contributed by atoms with van der Waals surface area (Å²) in [4.78, 5) is 35.4. The number of quaternary nitrogens is 1. The number of likely N-dealkylation sites (N-methyl/N-ethyl adjacent to an activating group) is 1. The minimum atomic E-state index is -4.37. The van der Waals surface area contributed by atoms with Gasteiger partial charge in [0.25, 0.3) is 0 Å². The summed E-state index contributed by atoms with van der Waals surface area (Å²) >= 11 is 0. The molecule has 324 valence electrons. The summed E-state index contributed by atoms with van der Waals surface area (Å²) in [5.41, 5.74) is 0. The van der Waals surface area contributed by atoms with E-state index in [0.717, 1.165) is 38.5 Å². The zero-order valence-corrected chi connectivity index (χ0v) is 37.1. The van der Waals surface area contributed by atoms with Crippen LogP contribution in [-0.4, -0.2) is 104 Å². The molecule has 0 aliphatic rings. The monoisotopic (exact) mass is 815 g/mol. The second-order valence-corrected chi connectivity index (χ2v) is 18.3. The van der Waals surface area contributed by atoms with E-state index in [-0.39, 0.29) is 55.2 Å². The second-order valence-electron chi connectivity index (χ2n) is 16.8. The Hall–Kier alpha value is 0.0100. The molecular formula is C44H90NNaO8P+. The van der Waals surface area contributed by atoms with Gasteiger partial charge in [0.05, 0.1) is 27.7 Å². The van der Waals surface area contributed by atoms with Crippen molar-refractivity contribution < 1.29 is 42.1 Å². The summed E-state index contributed by atoms with van der Waals surface area (Å²) < 4.78 is 34.3. The van der Waals surface area contributed by atoms with Crippen molar-refractivity contribution in [3.63, 3.8) is 0 Å². The number of phosphoric ester groups is 1. The first-order valence-corrected chi connectivity index (χ1v) is 24.3. The Morgan fingerprint density at radius 3 is 1.18 bits per heavy atom. The second kappa shape index (κ2) is 40.8. The van der Waals surface area contributed by atoms with Crippen molar-refractivity contribution in [2.24, 2.45) is 0 Å². The molecule has 11 heteroatoms. The molecule has 0 bridgehead atoms. The van der Waals surface area contributed by atoms with Crippen LogP contribution in [0.3, 0.4) is 0 Å². The van der Waals surface area contributed by atoms with Crippen molar-refractivity contribution in [1.29, 1.82) is 0 Å². The molecule has 0 rings (SSSR count). The number of hydrogen-bond donors (Lipinski definition) is 1. The van der Waals surface area contributed by atoms with E-state index in [4.69, 9.17) is 18.5 Å². The van der Waals surface area contributed by atoms with Crippen LogP contribution in [-0.2, 0) is 32.7 Å². The van der Waals surface area contributed by atoms with Gasteiger partial charge in [0.2, 0.25) is 0 Å². The third-order valence-electron chi connectivity index (χ3n) is 10.1. The maximum absolute atomic E-state index is 12.7. The number of carbonyl (C=O) groups excluding carboxylic acids is 2. The predicted molar refractivity (Wildman–Crippen MR) is 232 cm³/mol. The van der Waals surface area contributed by atoms with Gasteiger partial charge < -0.3 is 18.9 Å². The van der Waals surface area contributed by atoms with Gasteiger partial charge in [-0.15, -0.1) is 0 Å². The molecule has 0 amide bonds. The van der Waals surface area contributed by atoms with Crippen molar-refractivity contribution in [2.45, 2.75) is 225 Å². The Balaban J connectivity index is 0. The SMILES string of the molecule is CCCCCCCCCCCCCCCCCC(=O)OCC(COP(=O)(O)OCC[N+](C)(C)C)OC(=O)CCCCCCCCCCCCCCCCC.[NaH]. The van der Waals surface area contributed by atoms with Crippen LogP contribution >= 0.6 is 7.82 Å². The van der Waals surface area contributed by atoms with E-state index >= 15 is 0 Å². The van der Waals surface area contributed by atoms with Crippen LogP contribution in [0.4, 0.5) is 0 Å². The average molecular weight is 815 g/mol. The van der Waals surface area contributed by atoms with E-state index in [1.54, 1.807) is 0 Å². The summed E-state index contributed by atoms with van der Waals surface area (Å²) in [6.07, 6.45) is 37.1. The molecule has 0 saturated heterocycles. The molecule has 0 heterocycles. The standard InChI is InChI=1S/C44H88NO8P.Na.H/c1-6-8-10-12-14-16-18-20-22-24-26-28-30-32-34-36-43(46)50-40-42(41-52-54(48,49)51-39-38-45(3,4)5)53-44(47)37-35-33-31-29-27-25-23-21-19-17-15-13-11-9-7-2;;/h42H,6-41H2,1-5H3;;/p+1. The molecule has 9 nitrogen and oxygen atoms in total. The molecule has 0 aliphatic heterocycles. The number of nitrogens with zero attached hydrogens (tertiary/aromatic N) is 1. The van der Waals surface area contributed by atoms with E-state index in [2.05, 4.69) is 13.8 Å². The average Bonchev–Trinajstić information content (AvgIpc) is 3.12. The first kappa shape index (κ1) is 57.1. The van der Waals surface area contributed by atoms with E-state index in [0.29, 0.717) is 17.4 Å². The maximum atomic E-state index is 12.7. The number of carbonyl (C=O) groups is 2. The molecule has 1 N–H and O–H groups in total. The van der Waals surface area contributed by atoms with Crippen LogP contribution in [0.2, 0.25) is 0 Å². The van der Waals surface area contributed by atoms with E-state index < -0.39 is 26.5 Å². The molecular weight excluding hydrogens is 724 g/mol. The predicted octanol–water partition coefficient (Wildman–Crippen LogP) is 12.2. The molecule has 55 heavy (non-hydrogen) atoms. The van der Waals surface area contributed by atoms with Gasteiger partial charge in [-0.05, 0) is 12.8 Å². The normalized spacial score (nSPS) is 13.3. The van der Waals surface area contributed by atoms with Crippen molar-refractivity contribution in [1.82, 2.24) is 0 Å². The summed E-state index contributed by atoms with van der Waals surface area (Å²) in [6.45, 7) is 4.46. The van der Waals surface area contributed by atoms with Gasteiger partial charge in [0, 0.05) is 12.8 Å². The molecule has 0 spiro atoms. The zero-order valence-electron chi connectivity index (χ0n) is 36.2. The molecule has 0 fully saturated rings. The van der Waals surface area contributed by atoms with Gasteiger partial charge in [-0.1, -0.05) is 194 Å². The Labute approximate surface area is 362 Å². The van der Waals surface area contributed by atoms with Crippen LogP contribution in [0.25, 0.3) is 0 Å². The first-order valence-electron chi connectivity index (χ1n) is 22.8. The first-order chi connectivity index (χ1) is 26.0. The van der Waals surface area contributed by atoms with Crippen LogP contribution < -0.4 is 0 Å². The van der Waals surface area contributed by atoms with Crippen LogP contribution in [0.5, 0.6) is 0 Å². The fraction of sp³-hybridized carbons (Fsp3) is 0.955. The molecule has 0 saturated carbocycles. The number of esters is 2. The Morgan fingerprint density at radius 2 is 0.836 bits per heavy atom. The quantitative estimate of drug-likeness (QED) is 0.0213. The van der Waals surface area contributed by atoms with Crippen LogP contribution in [0, 0.1) is 0 Å². The molecule has 0 aromatic rings. The zero-order chi connectivity index (χ0) is 40.0. The van der Waals surface area contributed by atoms with Crippen molar-refractivity contribution in [2.75, 3.05) is 47.5 Å². The van der Waals surface area contributed by atoms with Crippen molar-refractivity contribution >= 4 is 49.3 Å².